The fraction of sp³-hybridized carbons (Fsp3) is 0.263. The third kappa shape index (κ3) is 3.88. The molecule has 0 aliphatic heterocycles. The lowest BCUT2D eigenvalue weighted by molar-refractivity contribution is 0.0471. The smallest absolute Gasteiger partial charge is 0.435 e. The van der Waals surface area contributed by atoms with Crippen LogP contribution in [0.5, 0.6) is 0 Å². The van der Waals surface area contributed by atoms with Crippen LogP contribution in [0.3, 0.4) is 0 Å². The van der Waals surface area contributed by atoms with E-state index in [1.807, 2.05) is 6.92 Å². The molecule has 0 aliphatic carbocycles. The van der Waals surface area contributed by atoms with E-state index in [1.54, 1.807) is 37.3 Å². The van der Waals surface area contributed by atoms with E-state index in [0.29, 0.717) is 12.0 Å². The summed E-state index contributed by atoms with van der Waals surface area (Å²) in [6.07, 6.45) is -0.108. The fourth-order valence-corrected chi connectivity index (χ4v) is 2.45. The Hall–Kier alpha value is -3.62. The van der Waals surface area contributed by atoms with Crippen molar-refractivity contribution in [3.63, 3.8) is 0 Å². The molecule has 0 radical (unpaired) electrons. The van der Waals surface area contributed by atoms with Gasteiger partial charge in [-0.15, -0.1) is 5.10 Å². The number of hydrogen-bond acceptors (Lipinski definition) is 7. The minimum absolute atomic E-state index is 0.00792. The standard InChI is InChI=1S/C19H19N3O6/c1-3-10-27-18(24)14-11-13-15(28-14)16(21-22(13)19(25)26-4-2)20-17(23)12-8-6-5-7-9-12/h5-9,11H,3-4,10H2,1-2H3,(H,20,21,23). The lowest BCUT2D eigenvalue weighted by Crippen LogP contribution is -2.17. The van der Waals surface area contributed by atoms with Crippen molar-refractivity contribution in [3.8, 4) is 0 Å². The molecule has 0 aliphatic rings. The highest BCUT2D eigenvalue weighted by molar-refractivity contribution is 6.08. The van der Waals surface area contributed by atoms with Gasteiger partial charge in [0, 0.05) is 11.6 Å². The number of carbonyl (C=O) groups is 3. The van der Waals surface area contributed by atoms with Gasteiger partial charge in [0.05, 0.1) is 13.2 Å². The van der Waals surface area contributed by atoms with E-state index in [9.17, 15) is 14.4 Å². The number of furan rings is 1. The summed E-state index contributed by atoms with van der Waals surface area (Å²) in [5.74, 6) is -1.23. The summed E-state index contributed by atoms with van der Waals surface area (Å²) >= 11 is 0. The van der Waals surface area contributed by atoms with Crippen LogP contribution in [0.15, 0.2) is 40.8 Å². The van der Waals surface area contributed by atoms with E-state index in [4.69, 9.17) is 13.9 Å². The second kappa shape index (κ2) is 8.38. The van der Waals surface area contributed by atoms with Crippen LogP contribution in [0.4, 0.5) is 10.6 Å². The summed E-state index contributed by atoms with van der Waals surface area (Å²) in [5, 5.41) is 6.65. The molecule has 1 N–H and O–H groups in total. The molecule has 9 nitrogen and oxygen atoms in total. The average molecular weight is 385 g/mol. The number of ether oxygens (including phenoxy) is 2. The van der Waals surface area contributed by atoms with Gasteiger partial charge in [0.25, 0.3) is 5.91 Å². The molecule has 9 heteroatoms. The van der Waals surface area contributed by atoms with Crippen molar-refractivity contribution in [3.05, 3.63) is 47.7 Å². The zero-order valence-corrected chi connectivity index (χ0v) is 15.4. The van der Waals surface area contributed by atoms with Gasteiger partial charge in [-0.1, -0.05) is 25.1 Å². The van der Waals surface area contributed by atoms with Crippen molar-refractivity contribution in [1.29, 1.82) is 0 Å². The maximum absolute atomic E-state index is 12.4. The van der Waals surface area contributed by atoms with Gasteiger partial charge in [-0.2, -0.15) is 4.68 Å². The van der Waals surface area contributed by atoms with Crippen LogP contribution in [-0.4, -0.2) is 41.0 Å². The van der Waals surface area contributed by atoms with Crippen LogP contribution < -0.4 is 5.32 Å². The maximum atomic E-state index is 12.4. The Kier molecular flexibility index (Phi) is 5.73. The van der Waals surface area contributed by atoms with E-state index >= 15 is 0 Å². The number of fused-ring (bicyclic) bond motifs is 1. The Labute approximate surface area is 160 Å². The van der Waals surface area contributed by atoms with Gasteiger partial charge in [0.15, 0.2) is 11.4 Å². The molecule has 0 saturated carbocycles. The molecule has 3 aromatic rings. The van der Waals surface area contributed by atoms with Crippen molar-refractivity contribution in [2.45, 2.75) is 20.3 Å². The number of anilines is 1. The number of esters is 1. The number of nitrogens with one attached hydrogen (secondary N) is 1. The van der Waals surface area contributed by atoms with E-state index in [2.05, 4.69) is 10.4 Å². The van der Waals surface area contributed by atoms with Crippen molar-refractivity contribution >= 4 is 34.9 Å². The molecule has 0 fully saturated rings. The zero-order valence-electron chi connectivity index (χ0n) is 15.4. The summed E-state index contributed by atoms with van der Waals surface area (Å²) in [4.78, 5) is 36.7. The molecular weight excluding hydrogens is 366 g/mol. The molecule has 2 heterocycles. The molecule has 0 bridgehead atoms. The number of rotatable bonds is 6. The molecule has 0 unspecified atom stereocenters. The van der Waals surface area contributed by atoms with Gasteiger partial charge in [-0.05, 0) is 25.5 Å². The van der Waals surface area contributed by atoms with Crippen LogP contribution in [-0.2, 0) is 9.47 Å². The number of benzene rings is 1. The summed E-state index contributed by atoms with van der Waals surface area (Å²) in [5.41, 5.74) is 0.654. The maximum Gasteiger partial charge on any atom is 0.435 e. The molecule has 0 spiro atoms. The van der Waals surface area contributed by atoms with Gasteiger partial charge in [-0.25, -0.2) is 9.59 Å². The minimum Gasteiger partial charge on any atom is -0.460 e. The highest BCUT2D eigenvalue weighted by Gasteiger charge is 2.25. The molecular formula is C19H19N3O6. The quantitative estimate of drug-likeness (QED) is 0.647. The van der Waals surface area contributed by atoms with Crippen LogP contribution in [0.1, 0.15) is 41.2 Å². The van der Waals surface area contributed by atoms with E-state index in [1.165, 1.54) is 6.07 Å². The summed E-state index contributed by atoms with van der Waals surface area (Å²) in [6.45, 7) is 3.88. The molecule has 146 valence electrons. The van der Waals surface area contributed by atoms with Crippen LogP contribution in [0.25, 0.3) is 11.1 Å². The van der Waals surface area contributed by atoms with Crippen molar-refractivity contribution in [1.82, 2.24) is 9.78 Å². The number of carbonyl (C=O) groups excluding carboxylic acids is 3. The van der Waals surface area contributed by atoms with Crippen LogP contribution in [0, 0.1) is 0 Å². The van der Waals surface area contributed by atoms with Crippen molar-refractivity contribution in [2.24, 2.45) is 0 Å². The van der Waals surface area contributed by atoms with E-state index < -0.39 is 18.0 Å². The summed E-state index contributed by atoms with van der Waals surface area (Å²) in [6, 6.07) is 9.81. The van der Waals surface area contributed by atoms with Crippen molar-refractivity contribution < 1.29 is 28.3 Å². The highest BCUT2D eigenvalue weighted by Crippen LogP contribution is 2.28. The number of nitrogens with zero attached hydrogens (tertiary/aromatic N) is 2. The second-order valence-electron chi connectivity index (χ2n) is 5.74. The third-order valence-corrected chi connectivity index (χ3v) is 3.70. The average Bonchev–Trinajstić information content (AvgIpc) is 3.27. The molecule has 1 aromatic carbocycles. The lowest BCUT2D eigenvalue weighted by atomic mass is 10.2. The first-order valence-corrected chi connectivity index (χ1v) is 8.78. The third-order valence-electron chi connectivity index (χ3n) is 3.70. The van der Waals surface area contributed by atoms with Gasteiger partial charge >= 0.3 is 12.1 Å². The Morgan fingerprint density at radius 2 is 1.89 bits per heavy atom. The number of amides is 1. The fourth-order valence-electron chi connectivity index (χ4n) is 2.45. The first-order valence-electron chi connectivity index (χ1n) is 8.78. The zero-order chi connectivity index (χ0) is 20.1. The molecule has 2 aromatic heterocycles. The van der Waals surface area contributed by atoms with E-state index in [-0.39, 0.29) is 35.9 Å². The Morgan fingerprint density at radius 3 is 2.57 bits per heavy atom. The van der Waals surface area contributed by atoms with Crippen LogP contribution in [0.2, 0.25) is 0 Å². The monoisotopic (exact) mass is 385 g/mol. The molecule has 3 rings (SSSR count). The Balaban J connectivity index is 1.98. The topological polar surface area (TPSA) is 113 Å². The van der Waals surface area contributed by atoms with Gasteiger partial charge in [0.1, 0.15) is 5.52 Å². The predicted octanol–water partition coefficient (Wildman–Crippen LogP) is 3.45. The molecule has 0 atom stereocenters. The lowest BCUT2D eigenvalue weighted by Gasteiger charge is -2.03. The second-order valence-corrected chi connectivity index (χ2v) is 5.74. The number of hydrogen-bond donors (Lipinski definition) is 1. The SMILES string of the molecule is CCCOC(=O)c1cc2c(o1)c(NC(=O)c1ccccc1)nn2C(=O)OCC. The summed E-state index contributed by atoms with van der Waals surface area (Å²) < 4.78 is 16.5. The van der Waals surface area contributed by atoms with E-state index in [0.717, 1.165) is 4.68 Å². The van der Waals surface area contributed by atoms with Gasteiger partial charge in [-0.3, -0.25) is 4.79 Å². The summed E-state index contributed by atoms with van der Waals surface area (Å²) in [7, 11) is 0. The number of aromatic nitrogens is 2. The van der Waals surface area contributed by atoms with Crippen molar-refractivity contribution in [2.75, 3.05) is 18.5 Å². The first-order chi connectivity index (χ1) is 13.5. The normalized spacial score (nSPS) is 10.6. The molecule has 28 heavy (non-hydrogen) atoms. The largest absolute Gasteiger partial charge is 0.460 e. The Morgan fingerprint density at radius 1 is 1.14 bits per heavy atom. The predicted molar refractivity (Wildman–Crippen MR) is 99.4 cm³/mol. The van der Waals surface area contributed by atoms with Crippen LogP contribution >= 0.6 is 0 Å². The minimum atomic E-state index is -0.762. The molecule has 0 saturated heterocycles. The Bertz CT molecular complexity index is 1010. The highest BCUT2D eigenvalue weighted by atomic mass is 16.6. The first kappa shape index (κ1) is 19.2. The van der Waals surface area contributed by atoms with Gasteiger partial charge in [0.2, 0.25) is 5.76 Å². The van der Waals surface area contributed by atoms with Gasteiger partial charge < -0.3 is 19.2 Å². The molecule has 1 amide bonds.